The molecule has 0 heterocycles. The minimum absolute atomic E-state index is 0.458. The Morgan fingerprint density at radius 2 is 1.26 bits per heavy atom. The van der Waals surface area contributed by atoms with Crippen LogP contribution < -0.4 is 0 Å². The third-order valence-electron chi connectivity index (χ3n) is 3.17. The summed E-state index contributed by atoms with van der Waals surface area (Å²) in [5.74, 6) is 2.66. The van der Waals surface area contributed by atoms with E-state index in [4.69, 9.17) is 15.9 Å². The number of hydrogen-bond donors (Lipinski definition) is 0. The maximum atomic E-state index is 5.44. The Hall–Kier alpha value is -0.520. The quantitative estimate of drug-likeness (QED) is 0.238. The van der Waals surface area contributed by atoms with E-state index in [9.17, 15) is 0 Å². The van der Waals surface area contributed by atoms with Crippen LogP contribution in [0.4, 0.5) is 0 Å². The number of hydrogen-bond acceptors (Lipinski definition) is 2. The first kappa shape index (κ1) is 18.5. The minimum atomic E-state index is 0.458. The van der Waals surface area contributed by atoms with Gasteiger partial charge in [0.2, 0.25) is 0 Å². The largest absolute Gasteiger partial charge is 0.355 e. The molecule has 0 aliphatic rings. The van der Waals surface area contributed by atoms with Gasteiger partial charge in [0, 0.05) is 19.6 Å². The molecule has 0 aromatic carbocycles. The van der Waals surface area contributed by atoms with E-state index in [2.05, 4.69) is 12.8 Å². The van der Waals surface area contributed by atoms with E-state index in [-0.39, 0.29) is 0 Å². The lowest BCUT2D eigenvalue weighted by molar-refractivity contribution is -0.0555. The molecular weight excluding hydrogens is 236 g/mol. The fraction of sp³-hybridized carbons (Fsp3) is 0.882. The van der Waals surface area contributed by atoms with Crippen molar-refractivity contribution in [3.8, 4) is 12.3 Å². The van der Waals surface area contributed by atoms with Crippen LogP contribution in [0.2, 0.25) is 0 Å². The summed E-state index contributed by atoms with van der Waals surface area (Å²) in [6.07, 6.45) is 18.6. The molecule has 0 saturated heterocycles. The molecule has 0 spiro atoms. The summed E-state index contributed by atoms with van der Waals surface area (Å²) >= 11 is 0. The van der Waals surface area contributed by atoms with Gasteiger partial charge in [-0.2, -0.15) is 0 Å². The molecule has 0 aliphatic carbocycles. The van der Waals surface area contributed by atoms with Gasteiger partial charge < -0.3 is 9.47 Å². The second kappa shape index (κ2) is 17.5. The van der Waals surface area contributed by atoms with Gasteiger partial charge in [-0.25, -0.2) is 0 Å². The van der Waals surface area contributed by atoms with Gasteiger partial charge in [-0.3, -0.25) is 0 Å². The number of unbranched alkanes of at least 4 members (excludes halogenated alkanes) is 9. The highest BCUT2D eigenvalue weighted by Crippen LogP contribution is 2.05. The zero-order valence-electron chi connectivity index (χ0n) is 12.8. The van der Waals surface area contributed by atoms with Crippen LogP contribution >= 0.6 is 0 Å². The number of rotatable bonds is 15. The predicted molar refractivity (Wildman–Crippen MR) is 82.1 cm³/mol. The van der Waals surface area contributed by atoms with E-state index in [0.29, 0.717) is 6.79 Å². The first-order chi connectivity index (χ1) is 9.41. The van der Waals surface area contributed by atoms with E-state index >= 15 is 0 Å². The average molecular weight is 268 g/mol. The molecule has 0 aromatic rings. The van der Waals surface area contributed by atoms with Crippen molar-refractivity contribution in [1.29, 1.82) is 0 Å². The van der Waals surface area contributed by atoms with Crippen molar-refractivity contribution in [1.82, 2.24) is 0 Å². The molecule has 112 valence electrons. The molecule has 0 aromatic heterocycles. The molecule has 0 N–H and O–H groups in total. The molecular formula is C17H32O2. The second-order valence-corrected chi connectivity index (χ2v) is 5.07. The first-order valence-electron chi connectivity index (χ1n) is 8.00. The second-order valence-electron chi connectivity index (χ2n) is 5.07. The summed E-state index contributed by atoms with van der Waals surface area (Å²) in [5.41, 5.74) is 0. The summed E-state index contributed by atoms with van der Waals surface area (Å²) < 4.78 is 10.9. The van der Waals surface area contributed by atoms with Gasteiger partial charge in [0.05, 0.1) is 0 Å². The van der Waals surface area contributed by atoms with E-state index in [1.54, 1.807) is 0 Å². The van der Waals surface area contributed by atoms with Gasteiger partial charge in [0.15, 0.2) is 0 Å². The van der Waals surface area contributed by atoms with Crippen LogP contribution in [-0.4, -0.2) is 20.0 Å². The summed E-state index contributed by atoms with van der Waals surface area (Å²) in [6, 6.07) is 0. The van der Waals surface area contributed by atoms with Gasteiger partial charge in [0.1, 0.15) is 6.79 Å². The highest BCUT2D eigenvalue weighted by molar-refractivity contribution is 4.82. The SMILES string of the molecule is C#CCCCCCCOCOCCCCCCCC. The molecule has 0 fully saturated rings. The van der Waals surface area contributed by atoms with E-state index < -0.39 is 0 Å². The standard InChI is InChI=1S/C17H32O2/c1-3-5-7-9-11-13-15-18-17-19-16-14-12-10-8-6-4-2/h1H,4-17H2,2H3. The van der Waals surface area contributed by atoms with Crippen molar-refractivity contribution in [2.45, 2.75) is 77.6 Å². The van der Waals surface area contributed by atoms with E-state index in [1.165, 1.54) is 51.4 Å². The molecule has 2 nitrogen and oxygen atoms in total. The first-order valence-corrected chi connectivity index (χ1v) is 8.00. The smallest absolute Gasteiger partial charge is 0.146 e. The van der Waals surface area contributed by atoms with Crippen molar-refractivity contribution in [3.63, 3.8) is 0 Å². The third-order valence-corrected chi connectivity index (χ3v) is 3.17. The van der Waals surface area contributed by atoms with Crippen molar-refractivity contribution >= 4 is 0 Å². The maximum absolute atomic E-state index is 5.44. The van der Waals surface area contributed by atoms with Gasteiger partial charge in [-0.1, -0.05) is 51.9 Å². The maximum Gasteiger partial charge on any atom is 0.146 e. The lowest BCUT2D eigenvalue weighted by Crippen LogP contribution is -2.03. The van der Waals surface area contributed by atoms with Crippen molar-refractivity contribution in [2.75, 3.05) is 20.0 Å². The molecule has 0 aliphatic heterocycles. The third kappa shape index (κ3) is 17.5. The molecule has 0 amide bonds. The number of terminal acetylenes is 1. The van der Waals surface area contributed by atoms with Gasteiger partial charge in [-0.15, -0.1) is 12.3 Å². The summed E-state index contributed by atoms with van der Waals surface area (Å²) in [6.45, 7) is 4.36. The van der Waals surface area contributed by atoms with Crippen LogP contribution in [0.5, 0.6) is 0 Å². The Morgan fingerprint density at radius 3 is 1.84 bits per heavy atom. The van der Waals surface area contributed by atoms with Crippen molar-refractivity contribution in [3.05, 3.63) is 0 Å². The Balaban J connectivity index is 2.90. The number of ether oxygens (including phenoxy) is 2. The highest BCUT2D eigenvalue weighted by Gasteiger charge is 1.93. The summed E-state index contributed by atoms with van der Waals surface area (Å²) in [7, 11) is 0. The molecule has 0 unspecified atom stereocenters. The van der Waals surface area contributed by atoms with E-state index in [0.717, 1.165) is 32.5 Å². The zero-order valence-corrected chi connectivity index (χ0v) is 12.8. The zero-order chi connectivity index (χ0) is 14.0. The monoisotopic (exact) mass is 268 g/mol. The minimum Gasteiger partial charge on any atom is -0.355 e. The fourth-order valence-electron chi connectivity index (χ4n) is 1.95. The van der Waals surface area contributed by atoms with Crippen molar-refractivity contribution in [2.24, 2.45) is 0 Å². The summed E-state index contributed by atoms with van der Waals surface area (Å²) in [5, 5.41) is 0. The molecule has 0 atom stereocenters. The average Bonchev–Trinajstić information content (AvgIpc) is 2.43. The van der Waals surface area contributed by atoms with E-state index in [1.807, 2.05) is 0 Å². The Bertz CT molecular complexity index is 196. The van der Waals surface area contributed by atoms with Crippen LogP contribution in [0, 0.1) is 12.3 Å². The molecule has 19 heavy (non-hydrogen) atoms. The normalized spacial score (nSPS) is 10.5. The highest BCUT2D eigenvalue weighted by atomic mass is 16.7. The van der Waals surface area contributed by atoms with Crippen LogP contribution in [0.1, 0.15) is 77.6 Å². The topological polar surface area (TPSA) is 18.5 Å². The fourth-order valence-corrected chi connectivity index (χ4v) is 1.95. The van der Waals surface area contributed by atoms with Crippen LogP contribution in [0.15, 0.2) is 0 Å². The van der Waals surface area contributed by atoms with Crippen molar-refractivity contribution < 1.29 is 9.47 Å². The molecule has 2 heteroatoms. The Labute approximate surface area is 120 Å². The van der Waals surface area contributed by atoms with Crippen LogP contribution in [-0.2, 0) is 9.47 Å². The lowest BCUT2D eigenvalue weighted by Gasteiger charge is -2.05. The predicted octanol–water partition coefficient (Wildman–Crippen LogP) is 4.92. The lowest BCUT2D eigenvalue weighted by atomic mass is 10.1. The van der Waals surface area contributed by atoms with Gasteiger partial charge in [0.25, 0.3) is 0 Å². The van der Waals surface area contributed by atoms with Gasteiger partial charge >= 0.3 is 0 Å². The van der Waals surface area contributed by atoms with Crippen LogP contribution in [0.25, 0.3) is 0 Å². The molecule has 0 bridgehead atoms. The van der Waals surface area contributed by atoms with Crippen LogP contribution in [0.3, 0.4) is 0 Å². The molecule has 0 rings (SSSR count). The Kier molecular flexibility index (Phi) is 17.0. The Morgan fingerprint density at radius 1 is 0.737 bits per heavy atom. The van der Waals surface area contributed by atoms with Gasteiger partial charge in [-0.05, 0) is 19.3 Å². The summed E-state index contributed by atoms with van der Waals surface area (Å²) in [4.78, 5) is 0. The molecule has 0 radical (unpaired) electrons. The molecule has 0 saturated carbocycles.